The van der Waals surface area contributed by atoms with Crippen LogP contribution in [0, 0.1) is 0 Å². The minimum Gasteiger partial charge on any atom is -0.418 e. The minimum atomic E-state index is -0.216. The summed E-state index contributed by atoms with van der Waals surface area (Å²) in [5.74, 6) is 0.804. The van der Waals surface area contributed by atoms with Gasteiger partial charge in [-0.25, -0.2) is 0 Å². The van der Waals surface area contributed by atoms with Crippen molar-refractivity contribution < 1.29 is 9.21 Å². The Morgan fingerprint density at radius 1 is 1.08 bits per heavy atom. The number of pyridine rings is 2. The summed E-state index contributed by atoms with van der Waals surface area (Å²) in [5, 5.41) is 8.32. The molecule has 0 N–H and O–H groups in total. The molecule has 3 aromatic rings. The summed E-state index contributed by atoms with van der Waals surface area (Å²) < 4.78 is 5.86. The van der Waals surface area contributed by atoms with Crippen molar-refractivity contribution in [1.82, 2.24) is 25.1 Å². The Labute approximate surface area is 144 Å². The maximum absolute atomic E-state index is 12.8. The lowest BCUT2D eigenvalue weighted by atomic mass is 10.0. The first-order chi connectivity index (χ1) is 12.3. The summed E-state index contributed by atoms with van der Waals surface area (Å²) >= 11 is 0. The average Bonchev–Trinajstić information content (AvgIpc) is 3.19. The van der Waals surface area contributed by atoms with E-state index in [0.717, 1.165) is 24.8 Å². The van der Waals surface area contributed by atoms with Gasteiger partial charge in [-0.05, 0) is 43.5 Å². The van der Waals surface area contributed by atoms with Crippen LogP contribution < -0.4 is 0 Å². The average molecular weight is 335 g/mol. The quantitative estimate of drug-likeness (QED) is 0.731. The van der Waals surface area contributed by atoms with E-state index >= 15 is 0 Å². The number of carbonyl (C=O) groups excluding carboxylic acids is 1. The molecule has 4 heterocycles. The van der Waals surface area contributed by atoms with Gasteiger partial charge in [0.15, 0.2) is 0 Å². The highest BCUT2D eigenvalue weighted by atomic mass is 16.4. The summed E-state index contributed by atoms with van der Waals surface area (Å²) in [6.45, 7) is 0.660. The Balaban J connectivity index is 1.62. The molecule has 0 spiro atoms. The van der Waals surface area contributed by atoms with E-state index in [0.29, 0.717) is 24.0 Å². The highest BCUT2D eigenvalue weighted by Crippen LogP contribution is 2.32. The van der Waals surface area contributed by atoms with Gasteiger partial charge in [0.2, 0.25) is 11.8 Å². The molecule has 0 aliphatic carbocycles. The van der Waals surface area contributed by atoms with E-state index in [4.69, 9.17) is 4.42 Å². The van der Waals surface area contributed by atoms with Crippen molar-refractivity contribution in [3.05, 3.63) is 60.5 Å². The normalized spacial score (nSPS) is 17.4. The van der Waals surface area contributed by atoms with Gasteiger partial charge in [-0.3, -0.25) is 14.8 Å². The molecule has 1 saturated heterocycles. The number of rotatable bonds is 3. The summed E-state index contributed by atoms with van der Waals surface area (Å²) in [5.41, 5.74) is 1.25. The van der Waals surface area contributed by atoms with Gasteiger partial charge in [0.25, 0.3) is 5.91 Å². The van der Waals surface area contributed by atoms with E-state index in [1.165, 1.54) is 0 Å². The van der Waals surface area contributed by atoms with Crippen molar-refractivity contribution in [3.63, 3.8) is 0 Å². The van der Waals surface area contributed by atoms with Crippen LogP contribution in [-0.4, -0.2) is 37.5 Å². The zero-order valence-electron chi connectivity index (χ0n) is 13.6. The van der Waals surface area contributed by atoms with Crippen LogP contribution in [0.4, 0.5) is 0 Å². The maximum atomic E-state index is 12.8. The standard InChI is InChI=1S/C18H17N5O2/c24-18(14-5-1-3-9-20-14)23-12-4-2-6-15(23)17-22-21-16(25-17)13-7-10-19-11-8-13/h1,3,5,7-11,15H,2,4,6,12H2. The first-order valence-electron chi connectivity index (χ1n) is 8.29. The van der Waals surface area contributed by atoms with Gasteiger partial charge < -0.3 is 9.32 Å². The Morgan fingerprint density at radius 2 is 1.96 bits per heavy atom. The summed E-state index contributed by atoms with van der Waals surface area (Å²) in [6, 6.07) is 8.75. The molecule has 0 bridgehead atoms. The van der Waals surface area contributed by atoms with Crippen molar-refractivity contribution in [2.45, 2.75) is 25.3 Å². The Bertz CT molecular complexity index is 850. The monoisotopic (exact) mass is 335 g/mol. The van der Waals surface area contributed by atoms with Gasteiger partial charge in [0.1, 0.15) is 11.7 Å². The predicted octanol–water partition coefficient (Wildman–Crippen LogP) is 2.89. The van der Waals surface area contributed by atoms with Gasteiger partial charge in [-0.1, -0.05) is 6.07 Å². The number of hydrogen-bond acceptors (Lipinski definition) is 6. The van der Waals surface area contributed by atoms with E-state index in [2.05, 4.69) is 20.2 Å². The van der Waals surface area contributed by atoms with Crippen LogP contribution in [0.25, 0.3) is 11.5 Å². The molecule has 1 aliphatic heterocycles. The molecular formula is C18H17N5O2. The molecule has 3 aromatic heterocycles. The highest BCUT2D eigenvalue weighted by molar-refractivity contribution is 5.92. The number of carbonyl (C=O) groups is 1. The van der Waals surface area contributed by atoms with Crippen LogP contribution in [-0.2, 0) is 0 Å². The maximum Gasteiger partial charge on any atom is 0.273 e. The molecule has 126 valence electrons. The van der Waals surface area contributed by atoms with Gasteiger partial charge in [-0.15, -0.1) is 10.2 Å². The molecule has 4 rings (SSSR count). The molecule has 1 aliphatic rings. The van der Waals surface area contributed by atoms with Gasteiger partial charge in [0, 0.05) is 30.7 Å². The molecule has 1 amide bonds. The van der Waals surface area contributed by atoms with Gasteiger partial charge >= 0.3 is 0 Å². The van der Waals surface area contributed by atoms with Crippen molar-refractivity contribution in [1.29, 1.82) is 0 Å². The number of nitrogens with zero attached hydrogens (tertiary/aromatic N) is 5. The molecule has 1 fully saturated rings. The van der Waals surface area contributed by atoms with Crippen molar-refractivity contribution >= 4 is 5.91 Å². The van der Waals surface area contributed by atoms with E-state index in [-0.39, 0.29) is 11.9 Å². The molecule has 7 nitrogen and oxygen atoms in total. The van der Waals surface area contributed by atoms with Crippen LogP contribution in [0.2, 0.25) is 0 Å². The van der Waals surface area contributed by atoms with Crippen LogP contribution in [0.1, 0.15) is 41.7 Å². The third-order valence-corrected chi connectivity index (χ3v) is 4.30. The summed E-state index contributed by atoms with van der Waals surface area (Å²) in [4.78, 5) is 22.8. The zero-order valence-corrected chi connectivity index (χ0v) is 13.6. The molecule has 25 heavy (non-hydrogen) atoms. The molecular weight excluding hydrogens is 318 g/mol. The second-order valence-corrected chi connectivity index (χ2v) is 5.91. The topological polar surface area (TPSA) is 85.0 Å². The van der Waals surface area contributed by atoms with Crippen LogP contribution >= 0.6 is 0 Å². The summed E-state index contributed by atoms with van der Waals surface area (Å²) in [6.07, 6.45) is 7.76. The smallest absolute Gasteiger partial charge is 0.273 e. The summed E-state index contributed by atoms with van der Waals surface area (Å²) in [7, 11) is 0. The van der Waals surface area contributed by atoms with Gasteiger partial charge in [0.05, 0.1) is 0 Å². The molecule has 0 radical (unpaired) electrons. The van der Waals surface area contributed by atoms with Crippen LogP contribution in [0.3, 0.4) is 0 Å². The van der Waals surface area contributed by atoms with E-state index in [1.54, 1.807) is 35.6 Å². The minimum absolute atomic E-state index is 0.103. The lowest BCUT2D eigenvalue weighted by Crippen LogP contribution is -2.39. The Kier molecular flexibility index (Phi) is 4.20. The number of hydrogen-bond donors (Lipinski definition) is 0. The SMILES string of the molecule is O=C(c1ccccn1)N1CCCCC1c1nnc(-c2ccncc2)o1. The number of piperidine rings is 1. The van der Waals surface area contributed by atoms with E-state index < -0.39 is 0 Å². The molecule has 0 saturated carbocycles. The number of aromatic nitrogens is 4. The fourth-order valence-electron chi connectivity index (χ4n) is 3.05. The lowest BCUT2D eigenvalue weighted by Gasteiger charge is -2.33. The van der Waals surface area contributed by atoms with Crippen molar-refractivity contribution in [3.8, 4) is 11.5 Å². The third kappa shape index (κ3) is 3.13. The van der Waals surface area contributed by atoms with Gasteiger partial charge in [-0.2, -0.15) is 0 Å². The molecule has 7 heteroatoms. The molecule has 1 atom stereocenters. The second kappa shape index (κ2) is 6.80. The van der Waals surface area contributed by atoms with Crippen LogP contribution in [0.15, 0.2) is 53.3 Å². The molecule has 0 aromatic carbocycles. The largest absolute Gasteiger partial charge is 0.418 e. The predicted molar refractivity (Wildman–Crippen MR) is 89.4 cm³/mol. The fraction of sp³-hybridized carbons (Fsp3) is 0.278. The number of likely N-dealkylation sites (tertiary alicyclic amines) is 1. The fourth-order valence-corrected chi connectivity index (χ4v) is 3.05. The number of amides is 1. The van der Waals surface area contributed by atoms with Crippen molar-refractivity contribution in [2.75, 3.05) is 6.54 Å². The lowest BCUT2D eigenvalue weighted by molar-refractivity contribution is 0.0566. The zero-order chi connectivity index (χ0) is 17.1. The first-order valence-corrected chi connectivity index (χ1v) is 8.29. The van der Waals surface area contributed by atoms with Crippen LogP contribution in [0.5, 0.6) is 0 Å². The molecule has 1 unspecified atom stereocenters. The van der Waals surface area contributed by atoms with E-state index in [9.17, 15) is 4.79 Å². The second-order valence-electron chi connectivity index (χ2n) is 5.91. The Hall–Kier alpha value is -3.09. The highest BCUT2D eigenvalue weighted by Gasteiger charge is 2.33. The van der Waals surface area contributed by atoms with E-state index in [1.807, 2.05) is 18.2 Å². The third-order valence-electron chi connectivity index (χ3n) is 4.30. The van der Waals surface area contributed by atoms with Crippen molar-refractivity contribution in [2.24, 2.45) is 0 Å². The first kappa shape index (κ1) is 15.4. The Morgan fingerprint density at radius 3 is 2.76 bits per heavy atom.